The monoisotopic (exact) mass is 296 g/mol. The third kappa shape index (κ3) is 1.68. The maximum Gasteiger partial charge on any atom is 0.0251 e. The number of benzene rings is 2. The summed E-state index contributed by atoms with van der Waals surface area (Å²) in [5.41, 5.74) is 1.63. The minimum atomic E-state index is -0.111. The number of hydrogen-bond acceptors (Lipinski definition) is 0. The summed E-state index contributed by atoms with van der Waals surface area (Å²) in [5, 5.41) is 4.48. The van der Waals surface area contributed by atoms with Gasteiger partial charge in [-0.05, 0) is 25.5 Å². The first-order valence-corrected chi connectivity index (χ1v) is 9.98. The highest BCUT2D eigenvalue weighted by Crippen LogP contribution is 2.89. The molecule has 0 aromatic heterocycles. The van der Waals surface area contributed by atoms with Gasteiger partial charge < -0.3 is 0 Å². The molecule has 100 valence electrons. The van der Waals surface area contributed by atoms with E-state index in [9.17, 15) is 0 Å². The van der Waals surface area contributed by atoms with Crippen molar-refractivity contribution in [1.29, 1.82) is 0 Å². The molecule has 4 atom stereocenters. The summed E-state index contributed by atoms with van der Waals surface area (Å²) in [6.07, 6.45) is 0. The molecule has 2 heteroatoms. The maximum absolute atomic E-state index is 2.58. The van der Waals surface area contributed by atoms with E-state index in [1.807, 2.05) is 0 Å². The highest BCUT2D eigenvalue weighted by Gasteiger charge is 2.68. The van der Waals surface area contributed by atoms with E-state index in [0.29, 0.717) is 5.16 Å². The average molecular weight is 296 g/mol. The van der Waals surface area contributed by atoms with E-state index in [2.05, 4.69) is 80.3 Å². The minimum absolute atomic E-state index is 0.00732. The Morgan fingerprint density at radius 1 is 0.850 bits per heavy atom. The average Bonchev–Trinajstić information content (AvgIpc) is 3.05. The van der Waals surface area contributed by atoms with E-state index in [0.717, 1.165) is 5.40 Å². The molecule has 0 amide bonds. The quantitative estimate of drug-likeness (QED) is 0.710. The summed E-state index contributed by atoms with van der Waals surface area (Å²) in [5.74, 6) is 2.58. The fourth-order valence-corrected chi connectivity index (χ4v) is 12.1. The molecule has 4 rings (SSSR count). The van der Waals surface area contributed by atoms with Gasteiger partial charge in [0.25, 0.3) is 0 Å². The summed E-state index contributed by atoms with van der Waals surface area (Å²) >= 11 is 0. The zero-order valence-corrected chi connectivity index (χ0v) is 13.6. The van der Waals surface area contributed by atoms with Crippen molar-refractivity contribution < 1.29 is 0 Å². The Morgan fingerprint density at radius 2 is 1.40 bits per heavy atom. The van der Waals surface area contributed by atoms with E-state index in [1.165, 1.54) is 0 Å². The highest BCUT2D eigenvalue weighted by atomic mass is 31.2. The standard InChI is InChI=1S/C18H18P2/c1-14-13-19(15-9-5-3-6-10-15)17-18(14,2)20(17)16-11-7-4-8-12-16/h3-13,17H,1-2H3. The molecule has 0 aliphatic carbocycles. The first-order valence-electron chi connectivity index (χ1n) is 7.09. The van der Waals surface area contributed by atoms with Gasteiger partial charge in [0.2, 0.25) is 0 Å². The van der Waals surface area contributed by atoms with Crippen LogP contribution in [0, 0.1) is 0 Å². The van der Waals surface area contributed by atoms with Crippen LogP contribution in [0.5, 0.6) is 0 Å². The lowest BCUT2D eigenvalue weighted by molar-refractivity contribution is 0.919. The van der Waals surface area contributed by atoms with Crippen LogP contribution in [-0.2, 0) is 0 Å². The van der Waals surface area contributed by atoms with Gasteiger partial charge in [-0.3, -0.25) is 0 Å². The van der Waals surface area contributed by atoms with Gasteiger partial charge in [-0.1, -0.05) is 86.9 Å². The Labute approximate surface area is 123 Å². The molecule has 0 radical (unpaired) electrons. The third-order valence-electron chi connectivity index (χ3n) is 4.66. The van der Waals surface area contributed by atoms with Gasteiger partial charge in [0.15, 0.2) is 0 Å². The van der Waals surface area contributed by atoms with Gasteiger partial charge in [-0.25, -0.2) is 0 Å². The number of allylic oxidation sites excluding steroid dienone is 1. The summed E-state index contributed by atoms with van der Waals surface area (Å²) in [4.78, 5) is 0. The molecule has 1 fully saturated rings. The van der Waals surface area contributed by atoms with Gasteiger partial charge in [-0.15, -0.1) is 0 Å². The minimum Gasteiger partial charge on any atom is -0.0622 e. The van der Waals surface area contributed by atoms with Crippen LogP contribution in [0.2, 0.25) is 0 Å². The summed E-state index contributed by atoms with van der Waals surface area (Å²) in [6.45, 7) is 4.84. The first-order chi connectivity index (χ1) is 9.73. The van der Waals surface area contributed by atoms with Gasteiger partial charge in [0.05, 0.1) is 0 Å². The third-order valence-corrected chi connectivity index (χ3v) is 12.1. The predicted octanol–water partition coefficient (Wildman–Crippen LogP) is 4.62. The molecule has 1 saturated heterocycles. The number of hydrogen-bond donors (Lipinski definition) is 0. The molecule has 0 bridgehead atoms. The van der Waals surface area contributed by atoms with Crippen molar-refractivity contribution in [1.82, 2.24) is 0 Å². The molecule has 0 saturated carbocycles. The molecule has 2 aromatic rings. The van der Waals surface area contributed by atoms with Crippen molar-refractivity contribution in [2.75, 3.05) is 0 Å². The Morgan fingerprint density at radius 3 is 2.00 bits per heavy atom. The maximum atomic E-state index is 2.58. The van der Waals surface area contributed by atoms with Crippen LogP contribution in [0.3, 0.4) is 0 Å². The van der Waals surface area contributed by atoms with Gasteiger partial charge >= 0.3 is 0 Å². The number of rotatable bonds is 2. The molecule has 0 N–H and O–H groups in total. The largest absolute Gasteiger partial charge is 0.0622 e. The van der Waals surface area contributed by atoms with Crippen molar-refractivity contribution in [2.45, 2.75) is 24.4 Å². The van der Waals surface area contributed by atoms with Crippen LogP contribution in [0.4, 0.5) is 0 Å². The Hall–Kier alpha value is -0.960. The second-order valence-corrected chi connectivity index (χ2v) is 11.0. The van der Waals surface area contributed by atoms with Crippen molar-refractivity contribution in [3.63, 3.8) is 0 Å². The molecular weight excluding hydrogens is 278 g/mol. The zero-order valence-electron chi connectivity index (χ0n) is 11.8. The van der Waals surface area contributed by atoms with Crippen LogP contribution in [0.25, 0.3) is 0 Å². The van der Waals surface area contributed by atoms with Crippen LogP contribution < -0.4 is 10.6 Å². The lowest BCUT2D eigenvalue weighted by Crippen LogP contribution is -2.07. The van der Waals surface area contributed by atoms with E-state index < -0.39 is 0 Å². The Kier molecular flexibility index (Phi) is 2.88. The molecule has 2 aromatic carbocycles. The smallest absolute Gasteiger partial charge is 0.0251 e. The van der Waals surface area contributed by atoms with E-state index in [-0.39, 0.29) is 15.8 Å². The molecule has 0 spiro atoms. The molecular formula is C18H18P2. The Balaban J connectivity index is 1.74. The lowest BCUT2D eigenvalue weighted by Gasteiger charge is -2.14. The summed E-state index contributed by atoms with van der Waals surface area (Å²) in [7, 11) is -0.119. The highest BCUT2D eigenvalue weighted by molar-refractivity contribution is 7.93. The fourth-order valence-electron chi connectivity index (χ4n) is 3.38. The van der Waals surface area contributed by atoms with Crippen LogP contribution in [-0.4, -0.2) is 10.6 Å². The van der Waals surface area contributed by atoms with Crippen molar-refractivity contribution in [2.24, 2.45) is 0 Å². The summed E-state index contributed by atoms with van der Waals surface area (Å²) in [6, 6.07) is 22.3. The second kappa shape index (κ2) is 4.52. The van der Waals surface area contributed by atoms with Crippen LogP contribution in [0.15, 0.2) is 72.1 Å². The molecule has 4 unspecified atom stereocenters. The predicted molar refractivity (Wildman–Crippen MR) is 91.9 cm³/mol. The van der Waals surface area contributed by atoms with Crippen molar-refractivity contribution in [3.8, 4) is 0 Å². The fraction of sp³-hybridized carbons (Fsp3) is 0.222. The number of fused-ring (bicyclic) bond motifs is 1. The van der Waals surface area contributed by atoms with E-state index in [4.69, 9.17) is 0 Å². The Bertz CT molecular complexity index is 662. The SMILES string of the molecule is CC1=CP(c2ccccc2)C2P(c3ccccc3)C12C. The second-order valence-electron chi connectivity index (χ2n) is 5.78. The van der Waals surface area contributed by atoms with Gasteiger partial charge in [-0.2, -0.15) is 0 Å². The normalized spacial score (nSPS) is 34.5. The molecule has 0 nitrogen and oxygen atoms in total. The topological polar surface area (TPSA) is 0 Å². The van der Waals surface area contributed by atoms with E-state index >= 15 is 0 Å². The van der Waals surface area contributed by atoms with E-state index in [1.54, 1.807) is 16.2 Å². The van der Waals surface area contributed by atoms with Crippen LogP contribution in [0.1, 0.15) is 13.8 Å². The zero-order chi connectivity index (χ0) is 13.7. The molecule has 2 aliphatic heterocycles. The molecule has 2 aliphatic rings. The van der Waals surface area contributed by atoms with Gasteiger partial charge in [0.1, 0.15) is 0 Å². The first kappa shape index (κ1) is 12.8. The van der Waals surface area contributed by atoms with Crippen molar-refractivity contribution in [3.05, 3.63) is 72.1 Å². The van der Waals surface area contributed by atoms with Crippen molar-refractivity contribution >= 4 is 26.5 Å². The molecule has 20 heavy (non-hydrogen) atoms. The molecule has 2 heterocycles. The van der Waals surface area contributed by atoms with Crippen LogP contribution >= 0.6 is 15.8 Å². The lowest BCUT2D eigenvalue weighted by atomic mass is 10.1. The summed E-state index contributed by atoms with van der Waals surface area (Å²) < 4.78 is 0. The van der Waals surface area contributed by atoms with Gasteiger partial charge in [0, 0.05) is 10.6 Å².